The highest BCUT2D eigenvalue weighted by atomic mass is 35.5. The van der Waals surface area contributed by atoms with E-state index in [9.17, 15) is 0 Å². The first-order chi connectivity index (χ1) is 9.06. The number of halogens is 1. The Kier molecular flexibility index (Phi) is 4.76. The Morgan fingerprint density at radius 2 is 1.74 bits per heavy atom. The van der Waals surface area contributed by atoms with Gasteiger partial charge < -0.3 is 14.7 Å². The molecule has 19 heavy (non-hydrogen) atoms. The molecule has 0 spiro atoms. The second-order valence-corrected chi connectivity index (χ2v) is 5.46. The van der Waals surface area contributed by atoms with Gasteiger partial charge in [0.25, 0.3) is 0 Å². The molecule has 0 aliphatic carbocycles. The van der Waals surface area contributed by atoms with Gasteiger partial charge in [-0.05, 0) is 38.5 Å². The van der Waals surface area contributed by atoms with E-state index in [4.69, 9.17) is 11.6 Å². The summed E-state index contributed by atoms with van der Waals surface area (Å²) in [6.07, 6.45) is 2.38. The van der Waals surface area contributed by atoms with Crippen molar-refractivity contribution in [2.45, 2.75) is 12.8 Å². The molecule has 7 heteroatoms. The lowest BCUT2D eigenvalue weighted by atomic mass is 10.4. The maximum atomic E-state index is 6.01. The summed E-state index contributed by atoms with van der Waals surface area (Å²) in [7, 11) is 6.07. The van der Waals surface area contributed by atoms with Crippen molar-refractivity contribution >= 4 is 23.5 Å². The molecule has 1 aromatic rings. The van der Waals surface area contributed by atoms with Crippen LogP contribution in [0.5, 0.6) is 0 Å². The number of anilines is 2. The molecular weight excluding hydrogens is 264 g/mol. The van der Waals surface area contributed by atoms with Crippen molar-refractivity contribution in [3.63, 3.8) is 0 Å². The van der Waals surface area contributed by atoms with Crippen LogP contribution in [-0.2, 0) is 0 Å². The molecule has 0 saturated carbocycles. The normalized spacial score (nSPS) is 15.3. The van der Waals surface area contributed by atoms with Crippen LogP contribution in [-0.4, -0.2) is 67.2 Å². The molecule has 0 bridgehead atoms. The molecule has 0 unspecified atom stereocenters. The van der Waals surface area contributed by atoms with Crippen LogP contribution in [0.3, 0.4) is 0 Å². The first-order valence-electron chi connectivity index (χ1n) is 6.58. The summed E-state index contributed by atoms with van der Waals surface area (Å²) >= 11 is 6.01. The Labute approximate surface area is 119 Å². The number of hydrogen-bond acceptors (Lipinski definition) is 6. The van der Waals surface area contributed by atoms with E-state index in [0.717, 1.165) is 26.2 Å². The summed E-state index contributed by atoms with van der Waals surface area (Å²) in [5.74, 6) is 1.34. The van der Waals surface area contributed by atoms with Crippen molar-refractivity contribution in [3.8, 4) is 0 Å². The molecular formula is C12H21ClN6. The average Bonchev–Trinajstić information content (AvgIpc) is 2.89. The predicted octanol–water partition coefficient (Wildman–Crippen LogP) is 1.12. The lowest BCUT2D eigenvalue weighted by Crippen LogP contribution is -2.30. The van der Waals surface area contributed by atoms with Gasteiger partial charge in [0.15, 0.2) is 0 Å². The Morgan fingerprint density at radius 1 is 1.05 bits per heavy atom. The zero-order chi connectivity index (χ0) is 13.8. The Bertz CT molecular complexity index is 419. The molecule has 1 fully saturated rings. The molecule has 0 radical (unpaired) electrons. The summed E-state index contributed by atoms with van der Waals surface area (Å²) in [6.45, 7) is 3.80. The number of hydrogen-bond donors (Lipinski definition) is 0. The van der Waals surface area contributed by atoms with Gasteiger partial charge in [-0.2, -0.15) is 15.0 Å². The molecule has 1 saturated heterocycles. The van der Waals surface area contributed by atoms with Gasteiger partial charge in [0.1, 0.15) is 0 Å². The van der Waals surface area contributed by atoms with Crippen LogP contribution < -0.4 is 9.80 Å². The quantitative estimate of drug-likeness (QED) is 0.808. The topological polar surface area (TPSA) is 48.4 Å². The van der Waals surface area contributed by atoms with E-state index in [1.54, 1.807) is 0 Å². The van der Waals surface area contributed by atoms with E-state index < -0.39 is 0 Å². The highest BCUT2D eigenvalue weighted by Crippen LogP contribution is 2.19. The predicted molar refractivity (Wildman–Crippen MR) is 78.1 cm³/mol. The third-order valence-corrected chi connectivity index (χ3v) is 3.37. The van der Waals surface area contributed by atoms with Crippen LogP contribution in [0.25, 0.3) is 0 Å². The Hall–Kier alpha value is -1.14. The zero-order valence-corrected chi connectivity index (χ0v) is 12.6. The third kappa shape index (κ3) is 3.91. The van der Waals surface area contributed by atoms with Crippen molar-refractivity contribution in [2.24, 2.45) is 0 Å². The highest BCUT2D eigenvalue weighted by molar-refractivity contribution is 6.28. The molecule has 0 N–H and O–H groups in total. The van der Waals surface area contributed by atoms with Gasteiger partial charge in [-0.15, -0.1) is 0 Å². The highest BCUT2D eigenvalue weighted by Gasteiger charge is 2.18. The number of likely N-dealkylation sites (N-methyl/N-ethyl adjacent to an activating group) is 2. The van der Waals surface area contributed by atoms with Gasteiger partial charge >= 0.3 is 0 Å². The molecule has 106 valence electrons. The molecule has 2 rings (SSSR count). The maximum absolute atomic E-state index is 6.01. The van der Waals surface area contributed by atoms with Crippen LogP contribution in [0, 0.1) is 0 Å². The number of aromatic nitrogens is 3. The van der Waals surface area contributed by atoms with Gasteiger partial charge in [-0.1, -0.05) is 0 Å². The summed E-state index contributed by atoms with van der Waals surface area (Å²) in [5.41, 5.74) is 0. The Balaban J connectivity index is 2.11. The minimum Gasteiger partial charge on any atom is -0.342 e. The third-order valence-electron chi connectivity index (χ3n) is 3.20. The van der Waals surface area contributed by atoms with Gasteiger partial charge in [0, 0.05) is 33.2 Å². The second-order valence-electron chi connectivity index (χ2n) is 5.12. The molecule has 1 aliphatic rings. The monoisotopic (exact) mass is 284 g/mol. The van der Waals surface area contributed by atoms with Crippen molar-refractivity contribution in [1.82, 2.24) is 19.9 Å². The lowest BCUT2D eigenvalue weighted by Gasteiger charge is -2.21. The summed E-state index contributed by atoms with van der Waals surface area (Å²) in [4.78, 5) is 19.2. The van der Waals surface area contributed by atoms with E-state index >= 15 is 0 Å². The summed E-state index contributed by atoms with van der Waals surface area (Å²) < 4.78 is 0. The lowest BCUT2D eigenvalue weighted by molar-refractivity contribution is 0.415. The second kappa shape index (κ2) is 6.34. The van der Waals surface area contributed by atoms with Crippen molar-refractivity contribution in [3.05, 3.63) is 5.28 Å². The number of nitrogens with zero attached hydrogens (tertiary/aromatic N) is 6. The van der Waals surface area contributed by atoms with Gasteiger partial charge in [0.2, 0.25) is 17.2 Å². The van der Waals surface area contributed by atoms with Crippen molar-refractivity contribution in [2.75, 3.05) is 57.1 Å². The van der Waals surface area contributed by atoms with Crippen molar-refractivity contribution < 1.29 is 0 Å². The fourth-order valence-corrected chi connectivity index (χ4v) is 2.16. The minimum absolute atomic E-state index is 0.267. The van der Waals surface area contributed by atoms with E-state index in [1.165, 1.54) is 12.8 Å². The summed E-state index contributed by atoms with van der Waals surface area (Å²) in [5, 5.41) is 0.267. The largest absolute Gasteiger partial charge is 0.342 e. The van der Waals surface area contributed by atoms with Crippen LogP contribution in [0.4, 0.5) is 11.9 Å². The van der Waals surface area contributed by atoms with Crippen LogP contribution in [0.15, 0.2) is 0 Å². The van der Waals surface area contributed by atoms with E-state index in [1.807, 2.05) is 26.0 Å². The fourth-order valence-electron chi connectivity index (χ4n) is 2.01. The minimum atomic E-state index is 0.267. The molecule has 0 aromatic carbocycles. The fraction of sp³-hybridized carbons (Fsp3) is 0.750. The molecule has 0 atom stereocenters. The van der Waals surface area contributed by atoms with Crippen LogP contribution in [0.2, 0.25) is 5.28 Å². The molecule has 1 aliphatic heterocycles. The van der Waals surface area contributed by atoms with Crippen LogP contribution >= 0.6 is 11.6 Å². The number of rotatable bonds is 5. The van der Waals surface area contributed by atoms with Crippen molar-refractivity contribution in [1.29, 1.82) is 0 Å². The van der Waals surface area contributed by atoms with Gasteiger partial charge in [-0.25, -0.2) is 0 Å². The molecule has 0 amide bonds. The summed E-state index contributed by atoms with van der Waals surface area (Å²) in [6, 6.07) is 0. The Morgan fingerprint density at radius 3 is 2.37 bits per heavy atom. The first kappa shape index (κ1) is 14.3. The zero-order valence-electron chi connectivity index (χ0n) is 11.8. The molecule has 2 heterocycles. The molecule has 6 nitrogen and oxygen atoms in total. The van der Waals surface area contributed by atoms with E-state index in [-0.39, 0.29) is 5.28 Å². The smallest absolute Gasteiger partial charge is 0.231 e. The molecule has 1 aromatic heterocycles. The standard InChI is InChI=1S/C12H21ClN6/c1-17(2)8-9-18(3)11-14-10(13)15-12(16-11)19-6-4-5-7-19/h4-9H2,1-3H3. The van der Waals surface area contributed by atoms with Gasteiger partial charge in [-0.3, -0.25) is 0 Å². The van der Waals surface area contributed by atoms with E-state index in [2.05, 4.69) is 24.8 Å². The first-order valence-corrected chi connectivity index (χ1v) is 6.96. The SMILES string of the molecule is CN(C)CCN(C)c1nc(Cl)nc(N2CCCC2)n1. The van der Waals surface area contributed by atoms with E-state index in [0.29, 0.717) is 11.9 Å². The average molecular weight is 285 g/mol. The maximum Gasteiger partial charge on any atom is 0.231 e. The van der Waals surface area contributed by atoms with Crippen LogP contribution in [0.1, 0.15) is 12.8 Å². The van der Waals surface area contributed by atoms with Gasteiger partial charge in [0.05, 0.1) is 0 Å².